The van der Waals surface area contributed by atoms with Crippen LogP contribution in [0.1, 0.15) is 63.1 Å². The van der Waals surface area contributed by atoms with Gasteiger partial charge in [-0.1, -0.05) is 18.2 Å². The van der Waals surface area contributed by atoms with Crippen LogP contribution in [-0.4, -0.2) is 42.4 Å². The van der Waals surface area contributed by atoms with E-state index in [2.05, 4.69) is 28.8 Å². The Labute approximate surface area is 184 Å². The molecule has 0 saturated carbocycles. The summed E-state index contributed by atoms with van der Waals surface area (Å²) in [5, 5.41) is 15.3. The maximum absolute atomic E-state index is 13.2. The molecule has 0 spiro atoms. The molecule has 1 unspecified atom stereocenters. The molecule has 3 rings (SSSR count). The zero-order chi connectivity index (χ0) is 22.5. The molecule has 168 valence electrons. The Morgan fingerprint density at radius 1 is 1.19 bits per heavy atom. The first-order valence-electron chi connectivity index (χ1n) is 11.1. The lowest BCUT2D eigenvalue weighted by atomic mass is 9.88. The number of rotatable bonds is 5. The number of aryl methyl sites for hydroxylation is 2. The number of nitrogens with one attached hydrogen (secondary N) is 2. The number of nitrogens with zero attached hydrogens (tertiary/aromatic N) is 1. The number of benzene rings is 1. The molecule has 31 heavy (non-hydrogen) atoms. The second-order valence-corrected chi connectivity index (χ2v) is 9.49. The molecule has 1 fully saturated rings. The lowest BCUT2D eigenvalue weighted by molar-refractivity contribution is -0.132. The van der Waals surface area contributed by atoms with Gasteiger partial charge in [0, 0.05) is 32.5 Å². The van der Waals surface area contributed by atoms with E-state index in [0.29, 0.717) is 32.5 Å². The van der Waals surface area contributed by atoms with Crippen LogP contribution in [0, 0.1) is 11.3 Å². The molecule has 7 nitrogen and oxygen atoms in total. The minimum Gasteiger partial charge on any atom is -0.444 e. The van der Waals surface area contributed by atoms with Crippen molar-refractivity contribution >= 4 is 12.0 Å². The molecule has 1 heterocycles. The van der Waals surface area contributed by atoms with E-state index in [4.69, 9.17) is 9.47 Å². The number of hydrogen-bond acceptors (Lipinski definition) is 5. The third-order valence-corrected chi connectivity index (χ3v) is 5.84. The van der Waals surface area contributed by atoms with Crippen molar-refractivity contribution in [3.63, 3.8) is 0 Å². The van der Waals surface area contributed by atoms with Crippen LogP contribution in [0.2, 0.25) is 0 Å². The molecule has 1 aromatic carbocycles. The number of nitriles is 1. The molecule has 1 aliphatic carbocycles. The first kappa shape index (κ1) is 23.1. The SMILES string of the molecule is CC(C)(C)OC(=O)NC1(C(=O)NC(C#N)Cc2ccc3c(c2)CCCC3)CCOCC1. The maximum Gasteiger partial charge on any atom is 0.408 e. The van der Waals surface area contributed by atoms with Gasteiger partial charge in [-0.25, -0.2) is 4.79 Å². The summed E-state index contributed by atoms with van der Waals surface area (Å²) in [6.45, 7) is 6.02. The lowest BCUT2D eigenvalue weighted by Crippen LogP contribution is -2.63. The Morgan fingerprint density at radius 3 is 2.52 bits per heavy atom. The molecular weight excluding hydrogens is 394 g/mol. The third-order valence-electron chi connectivity index (χ3n) is 5.84. The van der Waals surface area contributed by atoms with Crippen LogP contribution < -0.4 is 10.6 Å². The Hall–Kier alpha value is -2.59. The molecule has 2 aliphatic rings. The number of carbonyl (C=O) groups is 2. The topological polar surface area (TPSA) is 100 Å². The van der Waals surface area contributed by atoms with E-state index in [9.17, 15) is 14.9 Å². The summed E-state index contributed by atoms with van der Waals surface area (Å²) in [4.78, 5) is 25.6. The van der Waals surface area contributed by atoms with Crippen molar-refractivity contribution < 1.29 is 19.1 Å². The van der Waals surface area contributed by atoms with E-state index < -0.39 is 23.3 Å². The Kier molecular flexibility index (Phi) is 7.22. The second-order valence-electron chi connectivity index (χ2n) is 9.49. The largest absolute Gasteiger partial charge is 0.444 e. The van der Waals surface area contributed by atoms with Gasteiger partial charge in [-0.3, -0.25) is 4.79 Å². The van der Waals surface area contributed by atoms with Crippen LogP contribution in [0.5, 0.6) is 0 Å². The fraction of sp³-hybridized carbons (Fsp3) is 0.625. The molecule has 0 bridgehead atoms. The van der Waals surface area contributed by atoms with Crippen molar-refractivity contribution in [2.75, 3.05) is 13.2 Å². The summed E-state index contributed by atoms with van der Waals surface area (Å²) in [5.41, 5.74) is 1.95. The van der Waals surface area contributed by atoms with E-state index in [1.807, 2.05) is 6.07 Å². The summed E-state index contributed by atoms with van der Waals surface area (Å²) in [6.07, 6.45) is 5.02. The van der Waals surface area contributed by atoms with Gasteiger partial charge in [0.15, 0.2) is 0 Å². The fourth-order valence-electron chi connectivity index (χ4n) is 4.20. The zero-order valence-electron chi connectivity index (χ0n) is 18.8. The smallest absolute Gasteiger partial charge is 0.408 e. The average Bonchev–Trinajstić information content (AvgIpc) is 2.72. The number of fused-ring (bicyclic) bond motifs is 1. The molecule has 0 radical (unpaired) electrons. The summed E-state index contributed by atoms with van der Waals surface area (Å²) in [5.74, 6) is -0.369. The lowest BCUT2D eigenvalue weighted by Gasteiger charge is -2.37. The first-order valence-corrected chi connectivity index (χ1v) is 11.1. The van der Waals surface area contributed by atoms with Gasteiger partial charge >= 0.3 is 6.09 Å². The average molecular weight is 428 g/mol. The van der Waals surface area contributed by atoms with E-state index >= 15 is 0 Å². The van der Waals surface area contributed by atoms with Gasteiger partial charge in [-0.05, 0) is 63.1 Å². The van der Waals surface area contributed by atoms with Gasteiger partial charge in [0.25, 0.3) is 0 Å². The number of hydrogen-bond donors (Lipinski definition) is 2. The number of amides is 2. The van der Waals surface area contributed by atoms with Crippen LogP contribution in [0.3, 0.4) is 0 Å². The normalized spacial score (nSPS) is 18.8. The third kappa shape index (κ3) is 6.20. The van der Waals surface area contributed by atoms with Crippen molar-refractivity contribution in [2.24, 2.45) is 0 Å². The molecule has 0 aromatic heterocycles. The predicted octanol–water partition coefficient (Wildman–Crippen LogP) is 3.19. The van der Waals surface area contributed by atoms with Crippen molar-refractivity contribution in [1.29, 1.82) is 5.26 Å². The molecule has 1 aliphatic heterocycles. The Morgan fingerprint density at radius 2 is 1.87 bits per heavy atom. The molecule has 2 N–H and O–H groups in total. The minimum atomic E-state index is -1.15. The van der Waals surface area contributed by atoms with Crippen molar-refractivity contribution in [1.82, 2.24) is 10.6 Å². The van der Waals surface area contributed by atoms with Gasteiger partial charge in [0.05, 0.1) is 6.07 Å². The summed E-state index contributed by atoms with van der Waals surface area (Å²) in [6, 6.07) is 7.87. The van der Waals surface area contributed by atoms with Gasteiger partial charge in [0.2, 0.25) is 5.91 Å². The molecule has 1 saturated heterocycles. The minimum absolute atomic E-state index is 0.328. The van der Waals surface area contributed by atoms with Crippen molar-refractivity contribution in [2.45, 2.75) is 82.9 Å². The molecule has 2 amide bonds. The van der Waals surface area contributed by atoms with Crippen LogP contribution in [-0.2, 0) is 33.5 Å². The predicted molar refractivity (Wildman–Crippen MR) is 116 cm³/mol. The Balaban J connectivity index is 1.69. The maximum atomic E-state index is 13.2. The zero-order valence-corrected chi connectivity index (χ0v) is 18.8. The van der Waals surface area contributed by atoms with Crippen LogP contribution in [0.25, 0.3) is 0 Å². The van der Waals surface area contributed by atoms with E-state index in [1.165, 1.54) is 24.0 Å². The highest BCUT2D eigenvalue weighted by atomic mass is 16.6. The number of carbonyl (C=O) groups excluding carboxylic acids is 2. The first-order chi connectivity index (χ1) is 14.7. The van der Waals surface area contributed by atoms with Gasteiger partial charge in [-0.15, -0.1) is 0 Å². The van der Waals surface area contributed by atoms with Crippen molar-refractivity contribution in [3.8, 4) is 6.07 Å². The highest BCUT2D eigenvalue weighted by molar-refractivity contribution is 5.90. The van der Waals surface area contributed by atoms with Gasteiger partial charge < -0.3 is 20.1 Å². The van der Waals surface area contributed by atoms with Crippen LogP contribution in [0.4, 0.5) is 4.79 Å². The summed E-state index contributed by atoms with van der Waals surface area (Å²) < 4.78 is 10.8. The van der Waals surface area contributed by atoms with Crippen LogP contribution in [0.15, 0.2) is 18.2 Å². The standard InChI is InChI=1S/C24H33N3O4/c1-23(2,3)31-22(29)27-24(10-12-30-13-11-24)21(28)26-20(16-25)15-17-8-9-18-6-4-5-7-19(18)14-17/h8-9,14,20H,4-7,10-13,15H2,1-3H3,(H,26,28)(H,27,29). The number of alkyl carbamates (subject to hydrolysis) is 1. The Bertz CT molecular complexity index is 847. The molecule has 7 heteroatoms. The molecule has 1 aromatic rings. The molecule has 1 atom stereocenters. The van der Waals surface area contributed by atoms with Crippen molar-refractivity contribution in [3.05, 3.63) is 34.9 Å². The summed E-state index contributed by atoms with van der Waals surface area (Å²) in [7, 11) is 0. The molecular formula is C24H33N3O4. The highest BCUT2D eigenvalue weighted by Crippen LogP contribution is 2.24. The van der Waals surface area contributed by atoms with E-state index in [1.54, 1.807) is 20.8 Å². The highest BCUT2D eigenvalue weighted by Gasteiger charge is 2.43. The van der Waals surface area contributed by atoms with Crippen LogP contribution >= 0.6 is 0 Å². The number of ether oxygens (including phenoxy) is 2. The van der Waals surface area contributed by atoms with E-state index in [-0.39, 0.29) is 5.91 Å². The van der Waals surface area contributed by atoms with Gasteiger partial charge in [0.1, 0.15) is 17.2 Å². The summed E-state index contributed by atoms with van der Waals surface area (Å²) >= 11 is 0. The quantitative estimate of drug-likeness (QED) is 0.752. The van der Waals surface area contributed by atoms with Gasteiger partial charge in [-0.2, -0.15) is 5.26 Å². The monoisotopic (exact) mass is 427 g/mol. The second kappa shape index (κ2) is 9.69. The van der Waals surface area contributed by atoms with E-state index in [0.717, 1.165) is 18.4 Å². The fourth-order valence-corrected chi connectivity index (χ4v) is 4.20.